The van der Waals surface area contributed by atoms with Crippen LogP contribution in [-0.2, 0) is 0 Å². The Morgan fingerprint density at radius 2 is 1.83 bits per heavy atom. The van der Waals surface area contributed by atoms with Gasteiger partial charge in [0, 0.05) is 11.6 Å². The summed E-state index contributed by atoms with van der Waals surface area (Å²) in [5.74, 6) is 1.27. The summed E-state index contributed by atoms with van der Waals surface area (Å²) >= 11 is 0. The van der Waals surface area contributed by atoms with E-state index in [1.165, 1.54) is 61.8 Å². The van der Waals surface area contributed by atoms with E-state index in [4.69, 9.17) is 4.99 Å². The van der Waals surface area contributed by atoms with Crippen molar-refractivity contribution in [2.45, 2.75) is 64.8 Å². The molecular weight excluding hydrogens is 290 g/mol. The molecule has 1 heterocycles. The van der Waals surface area contributed by atoms with E-state index in [1.54, 1.807) is 11.1 Å². The van der Waals surface area contributed by atoms with Gasteiger partial charge >= 0.3 is 0 Å². The zero-order chi connectivity index (χ0) is 16.5. The molecule has 1 heteroatoms. The molecule has 24 heavy (non-hydrogen) atoms. The van der Waals surface area contributed by atoms with Gasteiger partial charge < -0.3 is 0 Å². The van der Waals surface area contributed by atoms with Gasteiger partial charge in [0.05, 0.1) is 6.04 Å². The molecule has 0 saturated carbocycles. The number of hydrogen-bond acceptors (Lipinski definition) is 1. The molecule has 0 aromatic carbocycles. The van der Waals surface area contributed by atoms with Crippen LogP contribution in [0.4, 0.5) is 0 Å². The van der Waals surface area contributed by atoms with E-state index in [1.807, 2.05) is 0 Å². The van der Waals surface area contributed by atoms with Gasteiger partial charge in [-0.15, -0.1) is 0 Å². The number of hydrogen-bond donors (Lipinski definition) is 0. The van der Waals surface area contributed by atoms with Crippen LogP contribution in [0.1, 0.15) is 58.8 Å². The van der Waals surface area contributed by atoms with Gasteiger partial charge in [0.2, 0.25) is 0 Å². The van der Waals surface area contributed by atoms with E-state index in [2.05, 4.69) is 50.3 Å². The third-order valence-electron chi connectivity index (χ3n) is 5.97. The Labute approximate surface area is 146 Å². The van der Waals surface area contributed by atoms with Gasteiger partial charge in [-0.3, -0.25) is 4.99 Å². The monoisotopic (exact) mass is 319 g/mol. The van der Waals surface area contributed by atoms with Crippen molar-refractivity contribution >= 4 is 5.71 Å². The Morgan fingerprint density at radius 1 is 0.958 bits per heavy atom. The van der Waals surface area contributed by atoms with Crippen molar-refractivity contribution in [3.8, 4) is 0 Å². The topological polar surface area (TPSA) is 12.4 Å². The van der Waals surface area contributed by atoms with Crippen molar-refractivity contribution in [2.24, 2.45) is 16.8 Å². The molecule has 0 fully saturated rings. The second-order valence-electron chi connectivity index (χ2n) is 7.90. The lowest BCUT2D eigenvalue weighted by molar-refractivity contribution is 0.470. The summed E-state index contributed by atoms with van der Waals surface area (Å²) in [5, 5.41) is 0. The van der Waals surface area contributed by atoms with Crippen LogP contribution in [0.5, 0.6) is 0 Å². The second-order valence-corrected chi connectivity index (χ2v) is 7.90. The van der Waals surface area contributed by atoms with Crippen LogP contribution in [0.25, 0.3) is 0 Å². The normalized spacial score (nSPS) is 29.5. The molecule has 0 saturated heterocycles. The van der Waals surface area contributed by atoms with Crippen molar-refractivity contribution < 1.29 is 0 Å². The largest absolute Gasteiger partial charge is 0.281 e. The number of allylic oxidation sites excluding steroid dienone is 8. The van der Waals surface area contributed by atoms with E-state index in [9.17, 15) is 0 Å². The number of nitrogens with zero attached hydrogens (tertiary/aromatic N) is 1. The molecule has 4 aliphatic rings. The zero-order valence-corrected chi connectivity index (χ0v) is 15.1. The Hall–Kier alpha value is -1.63. The second kappa shape index (κ2) is 6.70. The molecule has 2 atom stereocenters. The maximum atomic E-state index is 5.30. The SMILES string of the molecule is CC(C)C1CC(C2=CCCC=C2)N=C1C1=CCCC2=C1CCC=C2. The van der Waals surface area contributed by atoms with E-state index in [0.717, 1.165) is 0 Å². The Morgan fingerprint density at radius 3 is 2.62 bits per heavy atom. The highest BCUT2D eigenvalue weighted by Gasteiger charge is 2.35. The van der Waals surface area contributed by atoms with Gasteiger partial charge in [-0.2, -0.15) is 0 Å². The molecule has 0 aromatic rings. The van der Waals surface area contributed by atoms with Crippen molar-refractivity contribution in [3.63, 3.8) is 0 Å². The number of aliphatic imine (C=N–C) groups is 1. The smallest absolute Gasteiger partial charge is 0.0756 e. The molecule has 0 bridgehead atoms. The summed E-state index contributed by atoms with van der Waals surface area (Å²) < 4.78 is 0. The van der Waals surface area contributed by atoms with Crippen LogP contribution < -0.4 is 0 Å². The van der Waals surface area contributed by atoms with Gasteiger partial charge in [0.15, 0.2) is 0 Å². The predicted octanol–water partition coefficient (Wildman–Crippen LogP) is 6.12. The van der Waals surface area contributed by atoms with Crippen molar-refractivity contribution in [3.05, 3.63) is 58.7 Å². The maximum absolute atomic E-state index is 5.30. The fraction of sp³-hybridized carbons (Fsp3) is 0.522. The van der Waals surface area contributed by atoms with Gasteiger partial charge in [-0.25, -0.2) is 0 Å². The molecule has 126 valence electrons. The van der Waals surface area contributed by atoms with E-state index >= 15 is 0 Å². The third-order valence-corrected chi connectivity index (χ3v) is 5.97. The summed E-state index contributed by atoms with van der Waals surface area (Å²) in [6.07, 6.45) is 22.6. The highest BCUT2D eigenvalue weighted by Crippen LogP contribution is 2.41. The first kappa shape index (κ1) is 15.9. The van der Waals surface area contributed by atoms with Crippen molar-refractivity contribution in [1.29, 1.82) is 0 Å². The molecule has 2 unspecified atom stereocenters. The van der Waals surface area contributed by atoms with E-state index in [0.29, 0.717) is 17.9 Å². The maximum Gasteiger partial charge on any atom is 0.0756 e. The third kappa shape index (κ3) is 2.90. The Balaban J connectivity index is 1.69. The highest BCUT2D eigenvalue weighted by molar-refractivity contribution is 6.07. The van der Waals surface area contributed by atoms with Crippen LogP contribution >= 0.6 is 0 Å². The Bertz CT molecular complexity index is 694. The molecule has 1 aliphatic heterocycles. The molecule has 0 N–H and O–H groups in total. The average Bonchev–Trinajstić information content (AvgIpc) is 3.07. The predicted molar refractivity (Wildman–Crippen MR) is 103 cm³/mol. The first-order valence-corrected chi connectivity index (χ1v) is 9.78. The molecule has 0 radical (unpaired) electrons. The summed E-state index contributed by atoms with van der Waals surface area (Å²) in [5.41, 5.74) is 7.54. The minimum atomic E-state index is 0.384. The van der Waals surface area contributed by atoms with E-state index < -0.39 is 0 Å². The zero-order valence-electron chi connectivity index (χ0n) is 15.1. The molecule has 0 amide bonds. The summed E-state index contributed by atoms with van der Waals surface area (Å²) in [6.45, 7) is 4.74. The average molecular weight is 319 g/mol. The molecular formula is C23H29N. The first-order chi connectivity index (χ1) is 11.7. The quantitative estimate of drug-likeness (QED) is 0.594. The molecule has 1 nitrogen and oxygen atoms in total. The van der Waals surface area contributed by atoms with Gasteiger partial charge in [-0.05, 0) is 73.2 Å². The summed E-state index contributed by atoms with van der Waals surface area (Å²) in [7, 11) is 0. The first-order valence-electron chi connectivity index (χ1n) is 9.78. The minimum Gasteiger partial charge on any atom is -0.281 e. The van der Waals surface area contributed by atoms with Crippen molar-refractivity contribution in [2.75, 3.05) is 0 Å². The van der Waals surface area contributed by atoms with Crippen LogP contribution in [0.2, 0.25) is 0 Å². The van der Waals surface area contributed by atoms with Crippen LogP contribution in [0.15, 0.2) is 63.7 Å². The minimum absolute atomic E-state index is 0.384. The summed E-state index contributed by atoms with van der Waals surface area (Å²) in [6, 6.07) is 0.384. The van der Waals surface area contributed by atoms with E-state index in [-0.39, 0.29) is 0 Å². The molecule has 4 rings (SSSR count). The highest BCUT2D eigenvalue weighted by atomic mass is 14.9. The number of rotatable bonds is 3. The lowest BCUT2D eigenvalue weighted by atomic mass is 9.77. The lowest BCUT2D eigenvalue weighted by Gasteiger charge is -2.27. The van der Waals surface area contributed by atoms with Crippen LogP contribution in [-0.4, -0.2) is 11.8 Å². The fourth-order valence-electron chi connectivity index (χ4n) is 4.63. The van der Waals surface area contributed by atoms with Gasteiger partial charge in [-0.1, -0.05) is 50.3 Å². The van der Waals surface area contributed by atoms with Gasteiger partial charge in [0.1, 0.15) is 0 Å². The van der Waals surface area contributed by atoms with Crippen LogP contribution in [0, 0.1) is 11.8 Å². The fourth-order valence-corrected chi connectivity index (χ4v) is 4.63. The van der Waals surface area contributed by atoms with Gasteiger partial charge in [0.25, 0.3) is 0 Å². The standard InChI is InChI=1S/C23H29N/c1-16(2)21-15-22(18-10-4-3-5-11-18)24-23(21)20-14-8-12-17-9-6-7-13-19(17)20/h4,6,9-11,14,16,21-22H,3,5,7-8,12-13,15H2,1-2H3. The Kier molecular flexibility index (Phi) is 4.43. The van der Waals surface area contributed by atoms with Crippen molar-refractivity contribution in [1.82, 2.24) is 0 Å². The van der Waals surface area contributed by atoms with Crippen LogP contribution in [0.3, 0.4) is 0 Å². The molecule has 0 aromatic heterocycles. The lowest BCUT2D eigenvalue weighted by Crippen LogP contribution is -2.21. The molecule has 3 aliphatic carbocycles. The summed E-state index contributed by atoms with van der Waals surface area (Å²) in [4.78, 5) is 5.30. The molecule has 0 spiro atoms.